The van der Waals surface area contributed by atoms with Crippen LogP contribution in [0, 0.1) is 0 Å². The van der Waals surface area contributed by atoms with E-state index in [9.17, 15) is 61.0 Å². The molecule has 240 valence electrons. The van der Waals surface area contributed by atoms with Gasteiger partial charge in [0.25, 0.3) is 0 Å². The number of hydrogen-bond donors (Lipinski definition) is 11. The van der Waals surface area contributed by atoms with Crippen LogP contribution in [0.2, 0.25) is 0 Å². The lowest BCUT2D eigenvalue weighted by molar-refractivity contribution is -0.277. The van der Waals surface area contributed by atoms with Gasteiger partial charge in [0.05, 0.1) is 18.8 Å². The summed E-state index contributed by atoms with van der Waals surface area (Å²) in [4.78, 5) is 13.1. The Bertz CT molecular complexity index is 1550. The predicted octanol–water partition coefficient (Wildman–Crippen LogP) is -3.07. The second kappa shape index (κ2) is 12.3. The van der Waals surface area contributed by atoms with Crippen molar-refractivity contribution in [2.24, 2.45) is 0 Å². The average Bonchev–Trinajstić information content (AvgIpc) is 2.98. The number of fused-ring (bicyclic) bond motifs is 1. The molecular formula is C27H30O17. The van der Waals surface area contributed by atoms with Crippen LogP contribution < -0.4 is 14.9 Å². The maximum atomic E-state index is 13.1. The van der Waals surface area contributed by atoms with E-state index in [4.69, 9.17) is 23.4 Å². The van der Waals surface area contributed by atoms with E-state index in [1.165, 1.54) is 0 Å². The first-order valence-electron chi connectivity index (χ1n) is 13.2. The molecule has 44 heavy (non-hydrogen) atoms. The third-order valence-corrected chi connectivity index (χ3v) is 7.32. The van der Waals surface area contributed by atoms with Crippen molar-refractivity contribution in [3.8, 4) is 40.1 Å². The zero-order chi connectivity index (χ0) is 32.0. The third kappa shape index (κ3) is 5.73. The molecule has 0 radical (unpaired) electrons. The topological polar surface area (TPSA) is 290 Å². The van der Waals surface area contributed by atoms with Crippen LogP contribution in [-0.2, 0) is 9.47 Å². The number of phenolic OH excluding ortho intramolecular Hbond substituents is 3. The first-order valence-corrected chi connectivity index (χ1v) is 13.2. The van der Waals surface area contributed by atoms with Crippen molar-refractivity contribution in [1.82, 2.24) is 0 Å². The van der Waals surface area contributed by atoms with Crippen LogP contribution in [0.15, 0.2) is 39.5 Å². The maximum Gasteiger partial charge on any atom is 0.229 e. The van der Waals surface area contributed by atoms with Crippen LogP contribution in [0.1, 0.15) is 0 Å². The van der Waals surface area contributed by atoms with Crippen molar-refractivity contribution in [1.29, 1.82) is 0 Å². The Hall–Kier alpha value is -3.75. The highest BCUT2D eigenvalue weighted by atomic mass is 16.7. The van der Waals surface area contributed by atoms with Crippen LogP contribution in [0.3, 0.4) is 0 Å². The maximum absolute atomic E-state index is 13.1. The van der Waals surface area contributed by atoms with E-state index in [2.05, 4.69) is 0 Å². The monoisotopic (exact) mass is 626 g/mol. The molecule has 2 aromatic carbocycles. The lowest BCUT2D eigenvalue weighted by atomic mass is 9.99. The smallest absolute Gasteiger partial charge is 0.229 e. The second-order valence-corrected chi connectivity index (χ2v) is 10.3. The van der Waals surface area contributed by atoms with Crippen LogP contribution in [0.25, 0.3) is 22.3 Å². The molecule has 0 spiro atoms. The Morgan fingerprint density at radius 2 is 1.18 bits per heavy atom. The molecule has 10 atom stereocenters. The summed E-state index contributed by atoms with van der Waals surface area (Å²) in [5.41, 5.74) is -1.31. The number of aliphatic hydroxyl groups is 8. The third-order valence-electron chi connectivity index (χ3n) is 7.32. The molecule has 2 fully saturated rings. The van der Waals surface area contributed by atoms with E-state index in [1.807, 2.05) is 0 Å². The Labute approximate surface area is 246 Å². The van der Waals surface area contributed by atoms with Gasteiger partial charge in [-0.05, 0) is 6.07 Å². The van der Waals surface area contributed by atoms with Crippen molar-refractivity contribution in [2.45, 2.75) is 61.4 Å². The SMILES string of the molecule is O=c1cc(-c2cc(O)c(O)cc2OC2OC(CO)C(O)C(O)C2O)oc2cc(OC3OC(CO)C(O)C(O)C3O)cc(O)c12. The first-order chi connectivity index (χ1) is 20.8. The van der Waals surface area contributed by atoms with Gasteiger partial charge in [0.2, 0.25) is 12.6 Å². The van der Waals surface area contributed by atoms with Crippen LogP contribution in [-0.4, -0.2) is 131 Å². The molecule has 0 amide bonds. The number of aromatic hydroxyl groups is 3. The zero-order valence-corrected chi connectivity index (χ0v) is 22.4. The molecule has 0 saturated carbocycles. The second-order valence-electron chi connectivity index (χ2n) is 10.3. The van der Waals surface area contributed by atoms with Gasteiger partial charge in [0, 0.05) is 24.3 Å². The Morgan fingerprint density at radius 1 is 0.636 bits per heavy atom. The molecular weight excluding hydrogens is 596 g/mol. The quantitative estimate of drug-likeness (QED) is 0.116. The predicted molar refractivity (Wildman–Crippen MR) is 142 cm³/mol. The zero-order valence-electron chi connectivity index (χ0n) is 22.4. The standard InChI is InChI=1S/C27H30O17/c28-6-17-20(34)22(36)24(38)26(43-17)40-8-1-12(32)19-13(33)5-14(41-16(19)2-8)9-3-10(30)11(31)4-15(9)42-27-25(39)23(37)21(35)18(7-29)44-27/h1-5,17-18,20-32,34-39H,6-7H2. The van der Waals surface area contributed by atoms with Gasteiger partial charge >= 0.3 is 0 Å². The summed E-state index contributed by atoms with van der Waals surface area (Å²) in [7, 11) is 0. The van der Waals surface area contributed by atoms with E-state index in [1.54, 1.807) is 0 Å². The summed E-state index contributed by atoms with van der Waals surface area (Å²) in [6.45, 7) is -1.48. The average molecular weight is 627 g/mol. The minimum Gasteiger partial charge on any atom is -0.507 e. The molecule has 5 rings (SSSR count). The van der Waals surface area contributed by atoms with E-state index < -0.39 is 97.3 Å². The fourth-order valence-electron chi connectivity index (χ4n) is 4.88. The van der Waals surface area contributed by atoms with Crippen molar-refractivity contribution in [3.63, 3.8) is 0 Å². The fourth-order valence-corrected chi connectivity index (χ4v) is 4.88. The molecule has 1 aromatic heterocycles. The molecule has 3 aromatic rings. The molecule has 17 nitrogen and oxygen atoms in total. The van der Waals surface area contributed by atoms with Gasteiger partial charge in [-0.25, -0.2) is 0 Å². The highest BCUT2D eigenvalue weighted by Crippen LogP contribution is 2.42. The number of aliphatic hydroxyl groups excluding tert-OH is 8. The number of benzene rings is 2. The molecule has 2 aliphatic heterocycles. The summed E-state index contributed by atoms with van der Waals surface area (Å²) in [6, 6.07) is 4.83. The molecule has 11 N–H and O–H groups in total. The molecule has 2 aliphatic rings. The van der Waals surface area contributed by atoms with E-state index >= 15 is 0 Å². The Kier molecular flexibility index (Phi) is 8.87. The van der Waals surface area contributed by atoms with E-state index in [0.29, 0.717) is 0 Å². The number of phenols is 3. The van der Waals surface area contributed by atoms with Crippen molar-refractivity contribution >= 4 is 11.0 Å². The van der Waals surface area contributed by atoms with Crippen LogP contribution in [0.4, 0.5) is 0 Å². The minimum atomic E-state index is -1.85. The first kappa shape index (κ1) is 31.7. The molecule has 3 heterocycles. The van der Waals surface area contributed by atoms with Gasteiger partial charge in [-0.2, -0.15) is 0 Å². The van der Waals surface area contributed by atoms with Gasteiger partial charge in [0.1, 0.15) is 82.8 Å². The molecule has 2 saturated heterocycles. The van der Waals surface area contributed by atoms with E-state index in [-0.39, 0.29) is 33.8 Å². The van der Waals surface area contributed by atoms with Crippen molar-refractivity contribution in [2.75, 3.05) is 13.2 Å². The summed E-state index contributed by atoms with van der Waals surface area (Å²) >= 11 is 0. The lowest BCUT2D eigenvalue weighted by Gasteiger charge is -2.39. The number of rotatable bonds is 7. The fraction of sp³-hybridized carbons (Fsp3) is 0.444. The summed E-state index contributed by atoms with van der Waals surface area (Å²) in [6.07, 6.45) is -16.5. The minimum absolute atomic E-state index is 0.198. The highest BCUT2D eigenvalue weighted by Gasteiger charge is 2.46. The molecule has 0 bridgehead atoms. The largest absolute Gasteiger partial charge is 0.507 e. The van der Waals surface area contributed by atoms with Gasteiger partial charge in [0.15, 0.2) is 16.9 Å². The van der Waals surface area contributed by atoms with Gasteiger partial charge in [-0.1, -0.05) is 0 Å². The van der Waals surface area contributed by atoms with Crippen LogP contribution in [0.5, 0.6) is 28.7 Å². The van der Waals surface area contributed by atoms with Gasteiger partial charge in [-0.15, -0.1) is 0 Å². The Balaban J connectivity index is 1.53. The van der Waals surface area contributed by atoms with Gasteiger partial charge in [-0.3, -0.25) is 4.79 Å². The van der Waals surface area contributed by atoms with Crippen molar-refractivity contribution < 1.29 is 79.5 Å². The lowest BCUT2D eigenvalue weighted by Crippen LogP contribution is -2.60. The summed E-state index contributed by atoms with van der Waals surface area (Å²) < 4.78 is 27.6. The van der Waals surface area contributed by atoms with Gasteiger partial charge < -0.3 is 79.5 Å². The normalized spacial score (nSPS) is 32.5. The number of ether oxygens (including phenoxy) is 4. The summed E-state index contributed by atoms with van der Waals surface area (Å²) in [5, 5.41) is 110. The van der Waals surface area contributed by atoms with Crippen LogP contribution >= 0.6 is 0 Å². The highest BCUT2D eigenvalue weighted by molar-refractivity contribution is 5.86. The summed E-state index contributed by atoms with van der Waals surface area (Å²) in [5.74, 6) is -2.94. The Morgan fingerprint density at radius 3 is 1.75 bits per heavy atom. The number of hydrogen-bond acceptors (Lipinski definition) is 17. The van der Waals surface area contributed by atoms with Crippen molar-refractivity contribution in [3.05, 3.63) is 40.6 Å². The molecule has 10 unspecified atom stereocenters. The molecule has 17 heteroatoms. The van der Waals surface area contributed by atoms with E-state index in [0.717, 1.165) is 30.3 Å². The molecule has 0 aliphatic carbocycles.